The molecule has 1 atom stereocenters. The number of aliphatic hydroxyl groups excluding tert-OH is 1. The molecule has 0 radical (unpaired) electrons. The predicted molar refractivity (Wildman–Crippen MR) is 77.2 cm³/mol. The normalized spacial score (nSPS) is 19.6. The van der Waals surface area contributed by atoms with Gasteiger partial charge in [-0.15, -0.1) is 0 Å². The maximum Gasteiger partial charge on any atom is 0.151 e. The van der Waals surface area contributed by atoms with Crippen molar-refractivity contribution in [2.75, 3.05) is 13.2 Å². The molecule has 1 fully saturated rings. The maximum atomic E-state index is 9.34. The fourth-order valence-corrected chi connectivity index (χ4v) is 2.76. The number of nitrogens with zero attached hydrogens (tertiary/aromatic N) is 2. The van der Waals surface area contributed by atoms with Crippen molar-refractivity contribution in [1.29, 1.82) is 0 Å². The van der Waals surface area contributed by atoms with E-state index >= 15 is 0 Å². The van der Waals surface area contributed by atoms with Crippen LogP contribution in [0.2, 0.25) is 0 Å². The van der Waals surface area contributed by atoms with Crippen LogP contribution in [0.4, 0.5) is 0 Å². The smallest absolute Gasteiger partial charge is 0.151 e. The second-order valence-corrected chi connectivity index (χ2v) is 5.49. The van der Waals surface area contributed by atoms with Crippen molar-refractivity contribution in [2.45, 2.75) is 32.4 Å². The number of aryl methyl sites for hydroxylation is 1. The van der Waals surface area contributed by atoms with Gasteiger partial charge in [-0.3, -0.25) is 4.90 Å². The van der Waals surface area contributed by atoms with Gasteiger partial charge >= 0.3 is 0 Å². The SMILES string of the molecule is Cc1ccc(-c2cc(CN3CCCC3CO)on2)cc1. The van der Waals surface area contributed by atoms with Gasteiger partial charge in [0.1, 0.15) is 5.69 Å². The number of aliphatic hydroxyl groups is 1. The topological polar surface area (TPSA) is 49.5 Å². The number of benzene rings is 1. The molecule has 1 aromatic carbocycles. The molecule has 1 aliphatic heterocycles. The lowest BCUT2D eigenvalue weighted by Gasteiger charge is -2.20. The van der Waals surface area contributed by atoms with Gasteiger partial charge in [-0.05, 0) is 26.3 Å². The average Bonchev–Trinajstić information content (AvgIpc) is 3.09. The first-order valence-corrected chi connectivity index (χ1v) is 7.14. The summed E-state index contributed by atoms with van der Waals surface area (Å²) in [5, 5.41) is 13.5. The minimum absolute atomic E-state index is 0.221. The van der Waals surface area contributed by atoms with Crippen molar-refractivity contribution in [3.8, 4) is 11.3 Å². The Morgan fingerprint density at radius 3 is 2.90 bits per heavy atom. The van der Waals surface area contributed by atoms with Gasteiger partial charge in [-0.25, -0.2) is 0 Å². The highest BCUT2D eigenvalue weighted by Gasteiger charge is 2.24. The predicted octanol–water partition coefficient (Wildman–Crippen LogP) is 2.61. The molecule has 0 spiro atoms. The van der Waals surface area contributed by atoms with Crippen LogP contribution >= 0.6 is 0 Å². The summed E-state index contributed by atoms with van der Waals surface area (Å²) in [6, 6.07) is 10.5. The lowest BCUT2D eigenvalue weighted by molar-refractivity contribution is 0.143. The zero-order chi connectivity index (χ0) is 13.9. The molecule has 1 aromatic heterocycles. The summed E-state index contributed by atoms with van der Waals surface area (Å²) < 4.78 is 5.43. The van der Waals surface area contributed by atoms with E-state index in [4.69, 9.17) is 4.52 Å². The van der Waals surface area contributed by atoms with E-state index in [-0.39, 0.29) is 12.6 Å². The van der Waals surface area contributed by atoms with Crippen LogP contribution in [-0.4, -0.2) is 34.4 Å². The largest absolute Gasteiger partial charge is 0.395 e. The van der Waals surface area contributed by atoms with Gasteiger partial charge in [0.25, 0.3) is 0 Å². The Morgan fingerprint density at radius 2 is 2.15 bits per heavy atom. The van der Waals surface area contributed by atoms with E-state index in [2.05, 4.69) is 41.2 Å². The summed E-state index contributed by atoms with van der Waals surface area (Å²) in [4.78, 5) is 2.26. The lowest BCUT2D eigenvalue weighted by Crippen LogP contribution is -2.31. The van der Waals surface area contributed by atoms with Crippen LogP contribution in [0, 0.1) is 6.92 Å². The molecule has 4 heteroatoms. The molecular formula is C16H20N2O2. The van der Waals surface area contributed by atoms with Crippen LogP contribution in [-0.2, 0) is 6.54 Å². The Balaban J connectivity index is 1.72. The summed E-state index contributed by atoms with van der Waals surface area (Å²) in [6.07, 6.45) is 2.21. The van der Waals surface area contributed by atoms with Crippen molar-refractivity contribution in [3.63, 3.8) is 0 Å². The first-order valence-electron chi connectivity index (χ1n) is 7.14. The molecule has 106 valence electrons. The minimum atomic E-state index is 0.221. The molecular weight excluding hydrogens is 252 g/mol. The number of rotatable bonds is 4. The van der Waals surface area contributed by atoms with E-state index in [1.807, 2.05) is 6.07 Å². The summed E-state index contributed by atoms with van der Waals surface area (Å²) in [5.41, 5.74) is 3.19. The molecule has 20 heavy (non-hydrogen) atoms. The Labute approximate surface area is 119 Å². The minimum Gasteiger partial charge on any atom is -0.395 e. The van der Waals surface area contributed by atoms with Crippen LogP contribution in [0.1, 0.15) is 24.2 Å². The van der Waals surface area contributed by atoms with Crippen molar-refractivity contribution >= 4 is 0 Å². The van der Waals surface area contributed by atoms with E-state index in [0.717, 1.165) is 42.9 Å². The third kappa shape index (κ3) is 2.76. The molecule has 1 N–H and O–H groups in total. The highest BCUT2D eigenvalue weighted by Crippen LogP contribution is 2.23. The van der Waals surface area contributed by atoms with Crippen LogP contribution in [0.5, 0.6) is 0 Å². The zero-order valence-corrected chi connectivity index (χ0v) is 11.7. The van der Waals surface area contributed by atoms with Gasteiger partial charge in [0.15, 0.2) is 5.76 Å². The quantitative estimate of drug-likeness (QED) is 0.929. The first kappa shape index (κ1) is 13.3. The molecule has 3 rings (SSSR count). The molecule has 2 aromatic rings. The monoisotopic (exact) mass is 272 g/mol. The molecule has 2 heterocycles. The molecule has 0 amide bonds. The van der Waals surface area contributed by atoms with Gasteiger partial charge in [-0.1, -0.05) is 35.0 Å². The van der Waals surface area contributed by atoms with E-state index < -0.39 is 0 Å². The molecule has 0 saturated carbocycles. The Hall–Kier alpha value is -1.65. The second-order valence-electron chi connectivity index (χ2n) is 5.49. The van der Waals surface area contributed by atoms with E-state index in [1.165, 1.54) is 5.56 Å². The van der Waals surface area contributed by atoms with E-state index in [0.29, 0.717) is 0 Å². The van der Waals surface area contributed by atoms with E-state index in [1.54, 1.807) is 0 Å². The highest BCUT2D eigenvalue weighted by molar-refractivity contribution is 5.59. The van der Waals surface area contributed by atoms with Crippen molar-refractivity contribution in [2.24, 2.45) is 0 Å². The number of likely N-dealkylation sites (tertiary alicyclic amines) is 1. The van der Waals surface area contributed by atoms with Gasteiger partial charge in [-0.2, -0.15) is 0 Å². The van der Waals surface area contributed by atoms with E-state index in [9.17, 15) is 5.11 Å². The lowest BCUT2D eigenvalue weighted by atomic mass is 10.1. The molecule has 4 nitrogen and oxygen atoms in total. The molecule has 0 bridgehead atoms. The maximum absolute atomic E-state index is 9.34. The summed E-state index contributed by atoms with van der Waals surface area (Å²) >= 11 is 0. The molecule has 1 saturated heterocycles. The Morgan fingerprint density at radius 1 is 1.35 bits per heavy atom. The fourth-order valence-electron chi connectivity index (χ4n) is 2.76. The van der Waals surface area contributed by atoms with Gasteiger partial charge in [0, 0.05) is 17.7 Å². The summed E-state index contributed by atoms with van der Waals surface area (Å²) in [7, 11) is 0. The number of aromatic nitrogens is 1. The molecule has 0 aliphatic carbocycles. The van der Waals surface area contributed by atoms with Crippen LogP contribution in [0.15, 0.2) is 34.9 Å². The molecule has 1 unspecified atom stereocenters. The fraction of sp³-hybridized carbons (Fsp3) is 0.438. The van der Waals surface area contributed by atoms with Gasteiger partial charge < -0.3 is 9.63 Å². The Kier molecular flexibility index (Phi) is 3.85. The van der Waals surface area contributed by atoms with Gasteiger partial charge in [0.2, 0.25) is 0 Å². The zero-order valence-electron chi connectivity index (χ0n) is 11.7. The third-order valence-corrected chi connectivity index (χ3v) is 3.98. The highest BCUT2D eigenvalue weighted by atomic mass is 16.5. The van der Waals surface area contributed by atoms with Crippen LogP contribution < -0.4 is 0 Å². The summed E-state index contributed by atoms with van der Waals surface area (Å²) in [6.45, 7) is 4.04. The third-order valence-electron chi connectivity index (χ3n) is 3.98. The standard InChI is InChI=1S/C16H20N2O2/c1-12-4-6-13(7-5-12)16-9-15(20-17-16)10-18-8-2-3-14(18)11-19/h4-7,9,14,19H,2-3,8,10-11H2,1H3. The van der Waals surface area contributed by atoms with Crippen LogP contribution in [0.25, 0.3) is 11.3 Å². The Bertz CT molecular complexity index is 562. The van der Waals surface area contributed by atoms with Gasteiger partial charge in [0.05, 0.1) is 13.2 Å². The molecule has 1 aliphatic rings. The first-order chi connectivity index (χ1) is 9.76. The van der Waals surface area contributed by atoms with Crippen LogP contribution in [0.3, 0.4) is 0 Å². The number of hydrogen-bond acceptors (Lipinski definition) is 4. The summed E-state index contributed by atoms with van der Waals surface area (Å²) in [5.74, 6) is 0.862. The second kappa shape index (κ2) is 5.77. The number of hydrogen-bond donors (Lipinski definition) is 1. The average molecular weight is 272 g/mol. The van der Waals surface area contributed by atoms with Crippen molar-refractivity contribution < 1.29 is 9.63 Å². The van der Waals surface area contributed by atoms with Crippen molar-refractivity contribution in [1.82, 2.24) is 10.1 Å². The van der Waals surface area contributed by atoms with Crippen molar-refractivity contribution in [3.05, 3.63) is 41.7 Å².